The minimum absolute atomic E-state index is 0.177. The number of nitrogens with zero attached hydrogens (tertiary/aromatic N) is 2. The van der Waals surface area contributed by atoms with Gasteiger partial charge in [0, 0.05) is 36.7 Å². The largest absolute Gasteiger partial charge is 0.465 e. The van der Waals surface area contributed by atoms with E-state index < -0.39 is 6.09 Å². The summed E-state index contributed by atoms with van der Waals surface area (Å²) in [5.74, 6) is 0.362. The van der Waals surface area contributed by atoms with E-state index in [2.05, 4.69) is 17.9 Å². The summed E-state index contributed by atoms with van der Waals surface area (Å²) in [4.78, 5) is 15.1. The lowest BCUT2D eigenvalue weighted by Crippen LogP contribution is -2.49. The van der Waals surface area contributed by atoms with E-state index in [-0.39, 0.29) is 6.04 Å². The monoisotopic (exact) mass is 294 g/mol. The zero-order chi connectivity index (χ0) is 14.3. The Kier molecular flexibility index (Phi) is 3.61. The van der Waals surface area contributed by atoms with Crippen molar-refractivity contribution in [3.05, 3.63) is 34.9 Å². The average Bonchev–Trinajstić information content (AvgIpc) is 2.98. The van der Waals surface area contributed by atoms with Gasteiger partial charge in [-0.1, -0.05) is 36.7 Å². The standard InChI is InChI=1S/C15H19ClN2O2/c1-10(13-4-2-3-5-14(13)16)7-17-8-12-6-11(17)9-18(12)15(19)20/h2-5,10-12H,6-9H2,1H3,(H,19,20). The summed E-state index contributed by atoms with van der Waals surface area (Å²) >= 11 is 6.24. The van der Waals surface area contributed by atoms with Gasteiger partial charge >= 0.3 is 6.09 Å². The van der Waals surface area contributed by atoms with Crippen molar-refractivity contribution in [2.75, 3.05) is 19.6 Å². The number of carbonyl (C=O) groups is 1. The SMILES string of the molecule is CC(CN1CC2CC1CN2C(=O)O)c1ccccc1Cl. The van der Waals surface area contributed by atoms with Crippen LogP contribution in [0.2, 0.25) is 5.02 Å². The summed E-state index contributed by atoms with van der Waals surface area (Å²) in [6.45, 7) is 4.63. The van der Waals surface area contributed by atoms with Crippen LogP contribution in [0.25, 0.3) is 0 Å². The fourth-order valence-corrected chi connectivity index (χ4v) is 3.85. The van der Waals surface area contributed by atoms with Gasteiger partial charge in [-0.3, -0.25) is 4.90 Å². The van der Waals surface area contributed by atoms with Crippen molar-refractivity contribution in [2.24, 2.45) is 0 Å². The van der Waals surface area contributed by atoms with Crippen LogP contribution in [-0.4, -0.2) is 52.7 Å². The Morgan fingerprint density at radius 3 is 2.75 bits per heavy atom. The predicted molar refractivity (Wildman–Crippen MR) is 78.4 cm³/mol. The van der Waals surface area contributed by atoms with Gasteiger partial charge in [0.25, 0.3) is 0 Å². The van der Waals surface area contributed by atoms with E-state index in [1.165, 1.54) is 5.56 Å². The molecule has 1 aromatic rings. The van der Waals surface area contributed by atoms with Crippen molar-refractivity contribution < 1.29 is 9.90 Å². The topological polar surface area (TPSA) is 43.8 Å². The first-order valence-electron chi connectivity index (χ1n) is 7.04. The number of amides is 1. The zero-order valence-electron chi connectivity index (χ0n) is 11.5. The highest BCUT2D eigenvalue weighted by Gasteiger charge is 2.45. The molecule has 2 heterocycles. The average molecular weight is 295 g/mol. The van der Waals surface area contributed by atoms with Crippen LogP contribution in [0, 0.1) is 0 Å². The van der Waals surface area contributed by atoms with Crippen LogP contribution in [0.4, 0.5) is 4.79 Å². The second-order valence-electron chi connectivity index (χ2n) is 5.85. The van der Waals surface area contributed by atoms with E-state index in [4.69, 9.17) is 16.7 Å². The van der Waals surface area contributed by atoms with Crippen LogP contribution in [-0.2, 0) is 0 Å². The summed E-state index contributed by atoms with van der Waals surface area (Å²) in [5.41, 5.74) is 1.17. The molecule has 2 aliphatic rings. The Morgan fingerprint density at radius 2 is 2.15 bits per heavy atom. The smallest absolute Gasteiger partial charge is 0.407 e. The second-order valence-corrected chi connectivity index (χ2v) is 6.26. The molecule has 1 N–H and O–H groups in total. The number of fused-ring (bicyclic) bond motifs is 2. The molecule has 108 valence electrons. The van der Waals surface area contributed by atoms with Crippen molar-refractivity contribution in [1.82, 2.24) is 9.80 Å². The van der Waals surface area contributed by atoms with Crippen molar-refractivity contribution in [3.8, 4) is 0 Å². The molecule has 4 nitrogen and oxygen atoms in total. The molecule has 1 amide bonds. The molecule has 1 aromatic carbocycles. The lowest BCUT2D eigenvalue weighted by molar-refractivity contribution is 0.101. The molecule has 0 spiro atoms. The Bertz CT molecular complexity index is 522. The first kappa shape index (κ1) is 13.7. The van der Waals surface area contributed by atoms with Gasteiger partial charge in [0.15, 0.2) is 0 Å². The molecule has 3 rings (SSSR count). The van der Waals surface area contributed by atoms with Crippen LogP contribution < -0.4 is 0 Å². The fraction of sp³-hybridized carbons (Fsp3) is 0.533. The number of rotatable bonds is 3. The fourth-order valence-electron chi connectivity index (χ4n) is 3.53. The summed E-state index contributed by atoms with van der Waals surface area (Å²) in [5, 5.41) is 9.92. The highest BCUT2D eigenvalue weighted by atomic mass is 35.5. The highest BCUT2D eigenvalue weighted by Crippen LogP contribution is 2.33. The number of carboxylic acid groups (broad SMARTS) is 1. The second kappa shape index (κ2) is 5.26. The molecule has 2 aliphatic heterocycles. The van der Waals surface area contributed by atoms with Crippen LogP contribution in [0.5, 0.6) is 0 Å². The first-order chi connectivity index (χ1) is 9.56. The van der Waals surface area contributed by atoms with Gasteiger partial charge in [0.1, 0.15) is 0 Å². The summed E-state index contributed by atoms with van der Waals surface area (Å²) in [6.07, 6.45) is 0.193. The van der Waals surface area contributed by atoms with Gasteiger partial charge in [0.2, 0.25) is 0 Å². The maximum atomic E-state index is 11.1. The Balaban J connectivity index is 1.64. The molecule has 2 saturated heterocycles. The molecular weight excluding hydrogens is 276 g/mol. The molecule has 3 unspecified atom stereocenters. The van der Waals surface area contributed by atoms with E-state index in [1.54, 1.807) is 4.90 Å². The Labute approximate surface area is 123 Å². The van der Waals surface area contributed by atoms with Crippen molar-refractivity contribution in [3.63, 3.8) is 0 Å². The number of hydrogen-bond donors (Lipinski definition) is 1. The van der Waals surface area contributed by atoms with Crippen LogP contribution >= 0.6 is 11.6 Å². The van der Waals surface area contributed by atoms with E-state index in [0.29, 0.717) is 18.5 Å². The van der Waals surface area contributed by atoms with Gasteiger partial charge in [-0.2, -0.15) is 0 Å². The first-order valence-corrected chi connectivity index (χ1v) is 7.42. The summed E-state index contributed by atoms with van der Waals surface area (Å²) in [7, 11) is 0. The Morgan fingerprint density at radius 1 is 1.40 bits per heavy atom. The maximum absolute atomic E-state index is 11.1. The van der Waals surface area contributed by atoms with Gasteiger partial charge in [-0.05, 0) is 24.0 Å². The zero-order valence-corrected chi connectivity index (χ0v) is 12.3. The van der Waals surface area contributed by atoms with E-state index in [1.807, 2.05) is 18.2 Å². The van der Waals surface area contributed by atoms with E-state index in [9.17, 15) is 4.79 Å². The van der Waals surface area contributed by atoms with Crippen molar-refractivity contribution in [1.29, 1.82) is 0 Å². The number of likely N-dealkylation sites (tertiary alicyclic amines) is 2. The minimum atomic E-state index is -0.781. The molecule has 2 fully saturated rings. The lowest BCUT2D eigenvalue weighted by Gasteiger charge is -2.34. The third kappa shape index (κ3) is 2.38. The number of benzene rings is 1. The highest BCUT2D eigenvalue weighted by molar-refractivity contribution is 6.31. The number of halogens is 1. The van der Waals surface area contributed by atoms with Crippen LogP contribution in [0.1, 0.15) is 24.8 Å². The number of piperazine rings is 1. The van der Waals surface area contributed by atoms with Crippen LogP contribution in [0.3, 0.4) is 0 Å². The normalized spacial score (nSPS) is 27.0. The molecular formula is C15H19ClN2O2. The summed E-state index contributed by atoms with van der Waals surface area (Å²) in [6, 6.07) is 8.51. The molecule has 5 heteroatoms. The van der Waals surface area contributed by atoms with Gasteiger partial charge in [-0.25, -0.2) is 4.79 Å². The maximum Gasteiger partial charge on any atom is 0.407 e. The predicted octanol–water partition coefficient (Wildman–Crippen LogP) is 2.88. The molecule has 20 heavy (non-hydrogen) atoms. The van der Waals surface area contributed by atoms with Gasteiger partial charge < -0.3 is 10.0 Å². The molecule has 0 aliphatic carbocycles. The van der Waals surface area contributed by atoms with Gasteiger partial charge in [-0.15, -0.1) is 0 Å². The molecule has 0 radical (unpaired) electrons. The molecule has 0 saturated carbocycles. The quantitative estimate of drug-likeness (QED) is 0.932. The van der Waals surface area contributed by atoms with Crippen LogP contribution in [0.15, 0.2) is 24.3 Å². The molecule has 3 atom stereocenters. The minimum Gasteiger partial charge on any atom is -0.465 e. The number of hydrogen-bond acceptors (Lipinski definition) is 2. The van der Waals surface area contributed by atoms with Crippen molar-refractivity contribution in [2.45, 2.75) is 31.3 Å². The van der Waals surface area contributed by atoms with Crippen molar-refractivity contribution >= 4 is 17.7 Å². The van der Waals surface area contributed by atoms with Gasteiger partial charge in [0.05, 0.1) is 0 Å². The van der Waals surface area contributed by atoms with E-state index >= 15 is 0 Å². The third-order valence-electron chi connectivity index (χ3n) is 4.54. The molecule has 2 bridgehead atoms. The molecule has 0 aromatic heterocycles. The Hall–Kier alpha value is -1.26. The third-order valence-corrected chi connectivity index (χ3v) is 4.89. The lowest BCUT2D eigenvalue weighted by atomic mass is 10.00. The van der Waals surface area contributed by atoms with E-state index in [0.717, 1.165) is 24.5 Å². The summed E-state index contributed by atoms with van der Waals surface area (Å²) < 4.78 is 0.